The number of carbonyl (C=O) groups is 1. The van der Waals surface area contributed by atoms with E-state index in [-0.39, 0.29) is 26.6 Å². The second-order valence-electron chi connectivity index (χ2n) is 14.1. The largest absolute Gasteiger partial charge is 0.476 e. The highest BCUT2D eigenvalue weighted by Gasteiger charge is 2.64. The zero-order valence-corrected chi connectivity index (χ0v) is 27.9. The quantitative estimate of drug-likeness (QED) is 0.169. The van der Waals surface area contributed by atoms with Gasteiger partial charge in [-0.05, 0) is 78.5 Å². The van der Waals surface area contributed by atoms with Gasteiger partial charge >= 0.3 is 0 Å². The summed E-state index contributed by atoms with van der Waals surface area (Å²) in [6.07, 6.45) is 7.56. The number of rotatable bonds is 12. The van der Waals surface area contributed by atoms with Crippen molar-refractivity contribution in [2.45, 2.75) is 78.7 Å². The van der Waals surface area contributed by atoms with Crippen molar-refractivity contribution in [2.24, 2.45) is 28.1 Å². The molecular formula is C32H43ClN6O4S. The number of anilines is 1. The molecular weight excluding hydrogens is 600 g/mol. The van der Waals surface area contributed by atoms with Crippen LogP contribution in [-0.4, -0.2) is 47.2 Å². The molecule has 0 unspecified atom stereocenters. The Bertz CT molecular complexity index is 1620. The van der Waals surface area contributed by atoms with Crippen LogP contribution in [0, 0.1) is 28.1 Å². The summed E-state index contributed by atoms with van der Waals surface area (Å²) in [6, 6.07) is 9.31. The van der Waals surface area contributed by atoms with Crippen molar-refractivity contribution in [1.29, 1.82) is 0 Å². The molecule has 5 rings (SSSR count). The fraction of sp³-hybridized carbons (Fsp3) is 0.562. The minimum absolute atomic E-state index is 0.0924. The molecule has 44 heavy (non-hydrogen) atoms. The van der Waals surface area contributed by atoms with E-state index < -0.39 is 15.9 Å². The maximum atomic E-state index is 13.0. The maximum absolute atomic E-state index is 13.0. The van der Waals surface area contributed by atoms with Gasteiger partial charge in [0.2, 0.25) is 5.88 Å². The summed E-state index contributed by atoms with van der Waals surface area (Å²) in [7, 11) is -4.26. The first-order chi connectivity index (χ1) is 20.6. The lowest BCUT2D eigenvalue weighted by molar-refractivity contribution is 0.0981. The summed E-state index contributed by atoms with van der Waals surface area (Å²) >= 11 is 6.32. The summed E-state index contributed by atoms with van der Waals surface area (Å²) in [5, 5.41) is 7.19. The molecule has 1 amide bonds. The van der Waals surface area contributed by atoms with Gasteiger partial charge in [-0.15, -0.1) is 5.10 Å². The molecule has 3 aromatic heterocycles. The van der Waals surface area contributed by atoms with Crippen LogP contribution >= 0.6 is 11.6 Å². The highest BCUT2D eigenvalue weighted by atomic mass is 35.5. The molecule has 3 heterocycles. The van der Waals surface area contributed by atoms with Crippen LogP contribution < -0.4 is 14.8 Å². The van der Waals surface area contributed by atoms with E-state index in [4.69, 9.17) is 16.3 Å². The van der Waals surface area contributed by atoms with Crippen LogP contribution in [0.4, 0.5) is 5.82 Å². The number of hydrogen-bond donors (Lipinski definition) is 2. The van der Waals surface area contributed by atoms with Gasteiger partial charge in [0.25, 0.3) is 15.9 Å². The van der Waals surface area contributed by atoms with Crippen molar-refractivity contribution in [3.05, 3.63) is 53.3 Å². The molecule has 2 saturated carbocycles. The third-order valence-corrected chi connectivity index (χ3v) is 11.5. The van der Waals surface area contributed by atoms with Crippen LogP contribution in [0.1, 0.15) is 84.0 Å². The van der Waals surface area contributed by atoms with Gasteiger partial charge in [0, 0.05) is 24.7 Å². The number of hydrogen-bond acceptors (Lipinski definition) is 8. The Hall–Kier alpha value is -3.18. The Labute approximate surface area is 265 Å². The fourth-order valence-corrected chi connectivity index (χ4v) is 7.65. The van der Waals surface area contributed by atoms with E-state index in [1.54, 1.807) is 24.4 Å². The van der Waals surface area contributed by atoms with E-state index in [0.29, 0.717) is 42.0 Å². The molecule has 3 aromatic rings. The lowest BCUT2D eigenvalue weighted by Gasteiger charge is -2.17. The van der Waals surface area contributed by atoms with Gasteiger partial charge < -0.3 is 10.1 Å². The van der Waals surface area contributed by atoms with Gasteiger partial charge in [0.05, 0.1) is 12.2 Å². The van der Waals surface area contributed by atoms with Crippen LogP contribution in [0.15, 0.2) is 47.6 Å². The standard InChI is InChI=1S/C32H43ClN6O4S/c1-30(2)16-14-21(19-30)9-8-17-34-24-10-7-11-27(35-24)44(41,42)38-29(40)22-12-13-25(36-28(22)33)39-18-15-26(37-39)43-20-23-31(3,4)32(23,5)6/h7,10-13,15,18,21,23H,8-9,14,16-17,19-20H2,1-6H3,(H,34,35)(H,38,40)/t21-/m1/s1. The second kappa shape index (κ2) is 12.0. The number of nitrogens with one attached hydrogen (secondary N) is 2. The van der Waals surface area contributed by atoms with Crippen molar-refractivity contribution in [1.82, 2.24) is 24.5 Å². The van der Waals surface area contributed by atoms with Crippen molar-refractivity contribution >= 4 is 33.3 Å². The Morgan fingerprint density at radius 3 is 2.48 bits per heavy atom. The van der Waals surface area contributed by atoms with E-state index in [0.717, 1.165) is 18.8 Å². The SMILES string of the molecule is CC1(C)CC[C@@H](CCCNc2cccc(S(=O)(=O)NC(=O)c3ccc(-n4ccc(OCC5C(C)(C)C5(C)C)n4)nc3Cl)n2)C1. The number of sulfonamides is 1. The van der Waals surface area contributed by atoms with Crippen LogP contribution in [0.3, 0.4) is 0 Å². The predicted molar refractivity (Wildman–Crippen MR) is 171 cm³/mol. The first-order valence-electron chi connectivity index (χ1n) is 15.2. The summed E-state index contributed by atoms with van der Waals surface area (Å²) in [5.74, 6) is 1.50. The van der Waals surface area contributed by atoms with Crippen LogP contribution in [0.25, 0.3) is 5.82 Å². The molecule has 12 heteroatoms. The topological polar surface area (TPSA) is 128 Å². The third-order valence-electron chi connectivity index (χ3n) is 9.99. The highest BCUT2D eigenvalue weighted by molar-refractivity contribution is 7.90. The Kier molecular flexibility index (Phi) is 8.76. The molecule has 2 aliphatic carbocycles. The van der Waals surface area contributed by atoms with Crippen LogP contribution in [-0.2, 0) is 10.0 Å². The Morgan fingerprint density at radius 2 is 1.82 bits per heavy atom. The first-order valence-corrected chi connectivity index (χ1v) is 17.1. The number of nitrogens with zero attached hydrogens (tertiary/aromatic N) is 4. The van der Waals surface area contributed by atoms with Crippen molar-refractivity contribution in [3.63, 3.8) is 0 Å². The molecule has 2 aliphatic rings. The van der Waals surface area contributed by atoms with E-state index in [9.17, 15) is 13.2 Å². The number of amides is 1. The van der Waals surface area contributed by atoms with Crippen molar-refractivity contribution < 1.29 is 17.9 Å². The van der Waals surface area contributed by atoms with E-state index in [1.807, 2.05) is 0 Å². The molecule has 0 saturated heterocycles. The average molecular weight is 643 g/mol. The summed E-state index contributed by atoms with van der Waals surface area (Å²) in [4.78, 5) is 21.4. The normalized spacial score (nSPS) is 20.3. The fourth-order valence-electron chi connectivity index (χ4n) is 6.48. The zero-order chi connectivity index (χ0) is 31.9. The van der Waals surface area contributed by atoms with Gasteiger partial charge in [-0.3, -0.25) is 4.79 Å². The average Bonchev–Trinajstić information content (AvgIpc) is 3.37. The third kappa shape index (κ3) is 6.88. The highest BCUT2D eigenvalue weighted by Crippen LogP contribution is 2.68. The number of halogens is 1. The molecule has 0 spiro atoms. The lowest BCUT2D eigenvalue weighted by Crippen LogP contribution is -2.31. The van der Waals surface area contributed by atoms with Gasteiger partial charge in [0.1, 0.15) is 11.0 Å². The van der Waals surface area contributed by atoms with Crippen molar-refractivity contribution in [2.75, 3.05) is 18.5 Å². The minimum Gasteiger partial charge on any atom is -0.476 e. The molecule has 0 aliphatic heterocycles. The Morgan fingerprint density at radius 1 is 1.07 bits per heavy atom. The molecule has 238 valence electrons. The van der Waals surface area contributed by atoms with Gasteiger partial charge in [0.15, 0.2) is 10.8 Å². The molecule has 2 fully saturated rings. The molecule has 0 aromatic carbocycles. The number of pyridine rings is 2. The lowest BCUT2D eigenvalue weighted by atomic mass is 9.89. The van der Waals surface area contributed by atoms with Gasteiger partial charge in [-0.2, -0.15) is 8.42 Å². The number of aromatic nitrogens is 4. The number of carbonyl (C=O) groups excluding carboxylic acids is 1. The molecule has 10 nitrogen and oxygen atoms in total. The molecule has 2 N–H and O–H groups in total. The summed E-state index contributed by atoms with van der Waals surface area (Å²) in [6.45, 7) is 14.8. The predicted octanol–water partition coefficient (Wildman–Crippen LogP) is 6.51. The zero-order valence-electron chi connectivity index (χ0n) is 26.4. The Balaban J connectivity index is 1.16. The number of ether oxygens (including phenoxy) is 1. The smallest absolute Gasteiger partial charge is 0.281 e. The van der Waals surface area contributed by atoms with Gasteiger partial charge in [-0.1, -0.05) is 59.2 Å². The summed E-state index contributed by atoms with van der Waals surface area (Å²) < 4.78 is 35.5. The summed E-state index contributed by atoms with van der Waals surface area (Å²) in [5.41, 5.74) is 0.747. The van der Waals surface area contributed by atoms with E-state index in [1.165, 1.54) is 42.1 Å². The second-order valence-corrected chi connectivity index (χ2v) is 16.0. The van der Waals surface area contributed by atoms with Gasteiger partial charge in [-0.25, -0.2) is 19.4 Å². The monoisotopic (exact) mass is 642 g/mol. The van der Waals surface area contributed by atoms with E-state index in [2.05, 4.69) is 66.6 Å². The molecule has 0 radical (unpaired) electrons. The first kappa shape index (κ1) is 32.2. The molecule has 0 bridgehead atoms. The maximum Gasteiger partial charge on any atom is 0.281 e. The minimum atomic E-state index is -4.26. The van der Waals surface area contributed by atoms with E-state index >= 15 is 0 Å². The molecule has 1 atom stereocenters. The van der Waals surface area contributed by atoms with Crippen molar-refractivity contribution in [3.8, 4) is 11.7 Å². The van der Waals surface area contributed by atoms with Crippen LogP contribution in [0.5, 0.6) is 5.88 Å². The van der Waals surface area contributed by atoms with Crippen LogP contribution in [0.2, 0.25) is 5.15 Å².